The number of aromatic nitrogens is 1. The second-order valence-electron chi connectivity index (χ2n) is 7.06. The lowest BCUT2D eigenvalue weighted by molar-refractivity contribution is -0.132. The molecule has 1 aromatic heterocycles. The van der Waals surface area contributed by atoms with Crippen molar-refractivity contribution in [3.8, 4) is 0 Å². The molecule has 0 bridgehead atoms. The average molecular weight is 343 g/mol. The van der Waals surface area contributed by atoms with Crippen LogP contribution in [0, 0.1) is 0 Å². The zero-order valence-electron chi connectivity index (χ0n) is 14.3. The van der Waals surface area contributed by atoms with E-state index in [9.17, 15) is 4.79 Å². The molecule has 0 unspecified atom stereocenters. The van der Waals surface area contributed by atoms with Crippen molar-refractivity contribution in [3.63, 3.8) is 0 Å². The Balaban J connectivity index is 1.40. The number of carbonyl (C=O) groups is 1. The number of benzene rings is 1. The maximum atomic E-state index is 12.8. The molecule has 2 atom stereocenters. The van der Waals surface area contributed by atoms with Crippen LogP contribution in [0.2, 0.25) is 0 Å². The van der Waals surface area contributed by atoms with Gasteiger partial charge in [0.25, 0.3) is 0 Å². The van der Waals surface area contributed by atoms with E-state index in [4.69, 9.17) is 0 Å². The van der Waals surface area contributed by atoms with Crippen molar-refractivity contribution in [1.29, 1.82) is 0 Å². The molecule has 2 aliphatic rings. The predicted molar refractivity (Wildman–Crippen MR) is 98.3 cm³/mol. The Labute approximate surface area is 147 Å². The first-order chi connectivity index (χ1) is 11.7. The molecule has 5 heteroatoms. The van der Waals surface area contributed by atoms with Gasteiger partial charge in [0.2, 0.25) is 5.91 Å². The van der Waals surface area contributed by atoms with Crippen molar-refractivity contribution in [1.82, 2.24) is 14.8 Å². The third-order valence-corrected chi connectivity index (χ3v) is 6.63. The van der Waals surface area contributed by atoms with E-state index in [1.165, 1.54) is 30.5 Å². The highest BCUT2D eigenvalue weighted by Crippen LogP contribution is 2.30. The number of aryl methyl sites for hydroxylation is 1. The molecular weight excluding hydrogens is 318 g/mol. The molecule has 2 aliphatic heterocycles. The summed E-state index contributed by atoms with van der Waals surface area (Å²) in [5.74, 6) is 0.317. The van der Waals surface area contributed by atoms with Crippen molar-refractivity contribution < 1.29 is 4.79 Å². The second kappa shape index (κ2) is 6.81. The number of likely N-dealkylation sites (tertiary alicyclic amines) is 2. The molecule has 0 aliphatic carbocycles. The van der Waals surface area contributed by atoms with E-state index in [0.29, 0.717) is 24.4 Å². The predicted octanol–water partition coefficient (Wildman–Crippen LogP) is 3.31. The molecule has 4 nitrogen and oxygen atoms in total. The smallest absolute Gasteiger partial charge is 0.223 e. The zero-order chi connectivity index (χ0) is 16.5. The quantitative estimate of drug-likeness (QED) is 0.854. The molecule has 2 saturated heterocycles. The lowest BCUT2D eigenvalue weighted by Crippen LogP contribution is -2.47. The summed E-state index contributed by atoms with van der Waals surface area (Å²) in [5, 5.41) is 1.08. The summed E-state index contributed by atoms with van der Waals surface area (Å²) in [6, 6.07) is 9.21. The van der Waals surface area contributed by atoms with Crippen LogP contribution in [-0.4, -0.2) is 52.9 Å². The van der Waals surface area contributed by atoms with Gasteiger partial charge >= 0.3 is 0 Å². The van der Waals surface area contributed by atoms with Crippen LogP contribution < -0.4 is 0 Å². The highest BCUT2D eigenvalue weighted by Gasteiger charge is 2.38. The number of hydrogen-bond acceptors (Lipinski definition) is 4. The Kier molecular flexibility index (Phi) is 4.55. The van der Waals surface area contributed by atoms with Crippen molar-refractivity contribution in [2.24, 2.45) is 0 Å². The monoisotopic (exact) mass is 343 g/mol. The van der Waals surface area contributed by atoms with Gasteiger partial charge in [-0.1, -0.05) is 12.1 Å². The van der Waals surface area contributed by atoms with Crippen molar-refractivity contribution in [2.75, 3.05) is 20.1 Å². The molecule has 2 aromatic rings. The largest absolute Gasteiger partial charge is 0.338 e. The number of thiazole rings is 1. The summed E-state index contributed by atoms with van der Waals surface area (Å²) < 4.78 is 1.21. The average Bonchev–Trinajstić information content (AvgIpc) is 3.30. The second-order valence-corrected chi connectivity index (χ2v) is 8.18. The number of fused-ring (bicyclic) bond motifs is 1. The fraction of sp³-hybridized carbons (Fsp3) is 0.579. The van der Waals surface area contributed by atoms with Gasteiger partial charge in [0.15, 0.2) is 0 Å². The summed E-state index contributed by atoms with van der Waals surface area (Å²) in [5.41, 5.74) is 1.05. The van der Waals surface area contributed by atoms with Crippen LogP contribution in [0.15, 0.2) is 24.3 Å². The van der Waals surface area contributed by atoms with Gasteiger partial charge in [-0.15, -0.1) is 11.3 Å². The minimum absolute atomic E-state index is 0.317. The Morgan fingerprint density at radius 3 is 2.79 bits per heavy atom. The number of amides is 1. The first-order valence-corrected chi connectivity index (χ1v) is 9.88. The van der Waals surface area contributed by atoms with Gasteiger partial charge in [-0.25, -0.2) is 4.98 Å². The Bertz CT molecular complexity index is 695. The van der Waals surface area contributed by atoms with Gasteiger partial charge in [-0.05, 0) is 51.4 Å². The van der Waals surface area contributed by atoms with E-state index >= 15 is 0 Å². The number of rotatable bonds is 4. The van der Waals surface area contributed by atoms with E-state index < -0.39 is 0 Å². The van der Waals surface area contributed by atoms with Crippen LogP contribution in [0.1, 0.15) is 37.1 Å². The van der Waals surface area contributed by atoms with Gasteiger partial charge < -0.3 is 9.80 Å². The number of likely N-dealkylation sites (N-methyl/N-ethyl adjacent to an activating group) is 1. The summed E-state index contributed by atoms with van der Waals surface area (Å²) in [4.78, 5) is 22.1. The molecule has 24 heavy (non-hydrogen) atoms. The van der Waals surface area contributed by atoms with Crippen LogP contribution in [0.25, 0.3) is 10.2 Å². The third kappa shape index (κ3) is 3.07. The summed E-state index contributed by atoms with van der Waals surface area (Å²) in [6.07, 6.45) is 6.19. The van der Waals surface area contributed by atoms with E-state index in [1.807, 2.05) is 18.2 Å². The summed E-state index contributed by atoms with van der Waals surface area (Å²) in [6.45, 7) is 2.11. The van der Waals surface area contributed by atoms with Crippen LogP contribution in [0.3, 0.4) is 0 Å². The summed E-state index contributed by atoms with van der Waals surface area (Å²) in [7, 11) is 2.21. The normalized spacial score (nSPS) is 25.0. The lowest BCUT2D eigenvalue weighted by atomic mass is 10.0. The maximum Gasteiger partial charge on any atom is 0.223 e. The highest BCUT2D eigenvalue weighted by atomic mass is 32.1. The van der Waals surface area contributed by atoms with Gasteiger partial charge in [0.1, 0.15) is 0 Å². The number of para-hydroxylation sites is 1. The molecule has 1 aromatic carbocycles. The summed E-state index contributed by atoms with van der Waals surface area (Å²) >= 11 is 1.72. The van der Waals surface area contributed by atoms with Crippen LogP contribution in [-0.2, 0) is 11.2 Å². The number of hydrogen-bond donors (Lipinski definition) is 0. The minimum atomic E-state index is 0.317. The maximum absolute atomic E-state index is 12.8. The minimum Gasteiger partial charge on any atom is -0.338 e. The lowest BCUT2D eigenvalue weighted by Gasteiger charge is -2.33. The first kappa shape index (κ1) is 16.0. The topological polar surface area (TPSA) is 36.4 Å². The van der Waals surface area contributed by atoms with Gasteiger partial charge in [-0.3, -0.25) is 4.79 Å². The Hall–Kier alpha value is -1.46. The van der Waals surface area contributed by atoms with Crippen LogP contribution >= 0.6 is 11.3 Å². The van der Waals surface area contributed by atoms with Gasteiger partial charge in [-0.2, -0.15) is 0 Å². The molecular formula is C19H25N3OS. The van der Waals surface area contributed by atoms with E-state index in [0.717, 1.165) is 29.9 Å². The Morgan fingerprint density at radius 1 is 1.21 bits per heavy atom. The SMILES string of the molecule is CN1CCC[C@@H]1[C@@H]1CCCN1C(=O)CCc1nc2ccccc2s1. The van der Waals surface area contributed by atoms with Crippen molar-refractivity contribution >= 4 is 27.5 Å². The van der Waals surface area contributed by atoms with Crippen LogP contribution in [0.4, 0.5) is 0 Å². The van der Waals surface area contributed by atoms with Crippen molar-refractivity contribution in [2.45, 2.75) is 50.6 Å². The fourth-order valence-electron chi connectivity index (χ4n) is 4.31. The molecule has 1 amide bonds. The van der Waals surface area contributed by atoms with E-state index in [1.54, 1.807) is 11.3 Å². The fourth-order valence-corrected chi connectivity index (χ4v) is 5.28. The molecule has 3 heterocycles. The molecule has 0 N–H and O–H groups in total. The van der Waals surface area contributed by atoms with Crippen molar-refractivity contribution in [3.05, 3.63) is 29.3 Å². The molecule has 0 spiro atoms. The number of nitrogens with zero attached hydrogens (tertiary/aromatic N) is 3. The first-order valence-electron chi connectivity index (χ1n) is 9.06. The van der Waals surface area contributed by atoms with Gasteiger partial charge in [0.05, 0.1) is 15.2 Å². The molecule has 2 fully saturated rings. The highest BCUT2D eigenvalue weighted by molar-refractivity contribution is 7.18. The van der Waals surface area contributed by atoms with Gasteiger partial charge in [0, 0.05) is 31.5 Å². The van der Waals surface area contributed by atoms with E-state index in [-0.39, 0.29) is 0 Å². The molecule has 0 saturated carbocycles. The van der Waals surface area contributed by atoms with Crippen LogP contribution in [0.5, 0.6) is 0 Å². The van der Waals surface area contributed by atoms with E-state index in [2.05, 4.69) is 27.9 Å². The molecule has 4 rings (SSSR count). The third-order valence-electron chi connectivity index (χ3n) is 5.53. The zero-order valence-corrected chi connectivity index (χ0v) is 15.1. The standard InChI is InChI=1S/C19H25N3OS/c1-21-12-4-7-15(21)16-8-5-13-22(16)19(23)11-10-18-20-14-6-2-3-9-17(14)24-18/h2-3,6,9,15-16H,4-5,7-8,10-13H2,1H3/t15-,16+/m1/s1. The molecule has 0 radical (unpaired) electrons. The number of carbonyl (C=O) groups excluding carboxylic acids is 1. The Morgan fingerprint density at radius 2 is 2.00 bits per heavy atom. The molecule has 128 valence electrons.